The average molecular weight is 382 g/mol. The molecule has 7 nitrogen and oxygen atoms in total. The van der Waals surface area contributed by atoms with Gasteiger partial charge in [-0.25, -0.2) is 14.4 Å². The van der Waals surface area contributed by atoms with Gasteiger partial charge in [-0.15, -0.1) is 0 Å². The summed E-state index contributed by atoms with van der Waals surface area (Å²) in [5.74, 6) is 0.0587. The second-order valence-corrected chi connectivity index (χ2v) is 7.30. The first-order chi connectivity index (χ1) is 13.6. The van der Waals surface area contributed by atoms with Crippen LogP contribution in [0.2, 0.25) is 0 Å². The Morgan fingerprint density at radius 3 is 2.93 bits per heavy atom. The van der Waals surface area contributed by atoms with Crippen molar-refractivity contribution < 1.29 is 9.18 Å². The Balaban J connectivity index is 1.39. The molecule has 8 heteroatoms. The van der Waals surface area contributed by atoms with E-state index in [-0.39, 0.29) is 23.2 Å². The van der Waals surface area contributed by atoms with Crippen LogP contribution in [0.25, 0.3) is 0 Å². The third kappa shape index (κ3) is 4.33. The molecule has 1 amide bonds. The minimum absolute atomic E-state index is 0.0358. The first kappa shape index (κ1) is 18.5. The molecular weight excluding hydrogens is 359 g/mol. The molecule has 2 N–H and O–H groups in total. The van der Waals surface area contributed by atoms with Crippen LogP contribution < -0.4 is 10.6 Å². The lowest BCUT2D eigenvalue weighted by molar-refractivity contribution is 0.0937. The number of carbonyl (C=O) groups excluding carboxylic acids is 1. The van der Waals surface area contributed by atoms with Crippen LogP contribution in [-0.2, 0) is 0 Å². The maximum atomic E-state index is 14.5. The van der Waals surface area contributed by atoms with Gasteiger partial charge in [-0.2, -0.15) is 0 Å². The molecule has 2 aromatic rings. The number of aliphatic imine (C=N–C) groups is 1. The van der Waals surface area contributed by atoms with Crippen molar-refractivity contribution >= 4 is 24.3 Å². The van der Waals surface area contributed by atoms with Crippen LogP contribution in [0, 0.1) is 5.82 Å². The number of hydrogen-bond acceptors (Lipinski definition) is 6. The predicted molar refractivity (Wildman–Crippen MR) is 106 cm³/mol. The molecular formula is C20H23FN6O. The molecule has 2 aliphatic rings. The van der Waals surface area contributed by atoms with Crippen molar-refractivity contribution in [2.75, 3.05) is 25.1 Å². The summed E-state index contributed by atoms with van der Waals surface area (Å²) in [5.41, 5.74) is 1.51. The monoisotopic (exact) mass is 382 g/mol. The van der Waals surface area contributed by atoms with Crippen LogP contribution in [-0.4, -0.2) is 53.3 Å². The highest BCUT2D eigenvalue weighted by atomic mass is 19.1. The molecule has 1 aliphatic carbocycles. The number of aromatic nitrogens is 2. The van der Waals surface area contributed by atoms with E-state index in [1.165, 1.54) is 6.07 Å². The molecule has 1 aliphatic heterocycles. The summed E-state index contributed by atoms with van der Waals surface area (Å²) >= 11 is 0. The van der Waals surface area contributed by atoms with Gasteiger partial charge in [0.25, 0.3) is 5.91 Å². The summed E-state index contributed by atoms with van der Waals surface area (Å²) in [6.45, 7) is 5.63. The molecule has 2 heterocycles. The van der Waals surface area contributed by atoms with Gasteiger partial charge >= 0.3 is 0 Å². The maximum absolute atomic E-state index is 14.5. The zero-order chi connectivity index (χ0) is 19.5. The minimum Gasteiger partial charge on any atom is -0.348 e. The molecule has 1 aromatic carbocycles. The number of likely N-dealkylation sites (tertiary alicyclic amines) is 1. The summed E-state index contributed by atoms with van der Waals surface area (Å²) in [6.07, 6.45) is 4.79. The van der Waals surface area contributed by atoms with E-state index in [0.29, 0.717) is 18.5 Å². The fraction of sp³-hybridized carbons (Fsp3) is 0.400. The van der Waals surface area contributed by atoms with Gasteiger partial charge in [0.2, 0.25) is 5.95 Å². The minimum atomic E-state index is -0.517. The highest BCUT2D eigenvalue weighted by Gasteiger charge is 2.26. The molecule has 1 saturated heterocycles. The van der Waals surface area contributed by atoms with Crippen molar-refractivity contribution in [3.63, 3.8) is 0 Å². The molecule has 1 aromatic heterocycles. The van der Waals surface area contributed by atoms with E-state index < -0.39 is 5.82 Å². The van der Waals surface area contributed by atoms with Crippen molar-refractivity contribution in [2.24, 2.45) is 4.99 Å². The molecule has 4 rings (SSSR count). The standard InChI is InChI=1S/C20H23FN6O/c1-22-12-27-9-7-15(11-27)24-19(28)14-4-5-18(16(21)10-14)26-20-23-8-6-17(25-20)13-2-3-13/h4-6,8,10,13,15H,1-3,7,9,11-12H2,(H,24,28)(H,23,25,26)/t15-/m1/s1. The van der Waals surface area contributed by atoms with E-state index in [9.17, 15) is 9.18 Å². The van der Waals surface area contributed by atoms with Crippen LogP contribution in [0.15, 0.2) is 35.5 Å². The van der Waals surface area contributed by atoms with Gasteiger partial charge in [-0.1, -0.05) is 0 Å². The van der Waals surface area contributed by atoms with Gasteiger partial charge < -0.3 is 10.6 Å². The Kier molecular flexibility index (Phi) is 5.29. The number of halogens is 1. The first-order valence-electron chi connectivity index (χ1n) is 9.47. The van der Waals surface area contributed by atoms with Crippen molar-refractivity contribution in [3.8, 4) is 0 Å². The topological polar surface area (TPSA) is 82.5 Å². The molecule has 1 saturated carbocycles. The lowest BCUT2D eigenvalue weighted by Crippen LogP contribution is -2.37. The molecule has 28 heavy (non-hydrogen) atoms. The van der Waals surface area contributed by atoms with E-state index in [1.54, 1.807) is 18.3 Å². The Labute approximate surface area is 163 Å². The number of nitrogens with zero attached hydrogens (tertiary/aromatic N) is 4. The Morgan fingerprint density at radius 2 is 2.18 bits per heavy atom. The summed E-state index contributed by atoms with van der Waals surface area (Å²) in [7, 11) is 0. The van der Waals surface area contributed by atoms with E-state index in [0.717, 1.165) is 38.0 Å². The van der Waals surface area contributed by atoms with E-state index in [2.05, 4.69) is 37.2 Å². The fourth-order valence-electron chi connectivity index (χ4n) is 3.41. The highest BCUT2D eigenvalue weighted by molar-refractivity contribution is 5.94. The number of amides is 1. The van der Waals surface area contributed by atoms with E-state index in [4.69, 9.17) is 0 Å². The number of nitrogens with one attached hydrogen (secondary N) is 2. The number of hydrogen-bond donors (Lipinski definition) is 2. The third-order valence-corrected chi connectivity index (χ3v) is 5.06. The van der Waals surface area contributed by atoms with Gasteiger partial charge in [0.05, 0.1) is 12.4 Å². The number of benzene rings is 1. The average Bonchev–Trinajstić information content (AvgIpc) is 3.45. The van der Waals surface area contributed by atoms with E-state index >= 15 is 0 Å². The largest absolute Gasteiger partial charge is 0.348 e. The summed E-state index contributed by atoms with van der Waals surface area (Å²) < 4.78 is 14.5. The Hall–Kier alpha value is -2.87. The highest BCUT2D eigenvalue weighted by Crippen LogP contribution is 2.39. The third-order valence-electron chi connectivity index (χ3n) is 5.06. The normalized spacial score (nSPS) is 19.4. The molecule has 0 radical (unpaired) electrons. The van der Waals surface area contributed by atoms with Gasteiger partial charge in [0.1, 0.15) is 5.82 Å². The second kappa shape index (κ2) is 8.02. The molecule has 0 unspecified atom stereocenters. The molecule has 146 valence electrons. The predicted octanol–water partition coefficient (Wildman–Crippen LogP) is 2.70. The Morgan fingerprint density at radius 1 is 1.32 bits per heavy atom. The van der Waals surface area contributed by atoms with Crippen molar-refractivity contribution in [1.29, 1.82) is 0 Å². The SMILES string of the molecule is C=NCN1CC[C@@H](NC(=O)c2ccc(Nc3nccc(C4CC4)n3)c(F)c2)C1. The zero-order valence-corrected chi connectivity index (χ0v) is 15.6. The molecule has 0 bridgehead atoms. The molecule has 2 fully saturated rings. The van der Waals surface area contributed by atoms with E-state index in [1.807, 2.05) is 6.07 Å². The number of carbonyl (C=O) groups is 1. The quantitative estimate of drug-likeness (QED) is 0.720. The molecule has 0 spiro atoms. The lowest BCUT2D eigenvalue weighted by Gasteiger charge is -2.15. The van der Waals surface area contributed by atoms with Gasteiger partial charge in [-0.05, 0) is 50.2 Å². The van der Waals surface area contributed by atoms with Crippen LogP contribution in [0.4, 0.5) is 16.0 Å². The van der Waals surface area contributed by atoms with Gasteiger partial charge in [0.15, 0.2) is 0 Å². The number of anilines is 2. The smallest absolute Gasteiger partial charge is 0.251 e. The lowest BCUT2D eigenvalue weighted by atomic mass is 10.1. The molecule has 1 atom stereocenters. The first-order valence-corrected chi connectivity index (χ1v) is 9.47. The fourth-order valence-corrected chi connectivity index (χ4v) is 3.41. The van der Waals surface area contributed by atoms with Crippen LogP contribution in [0.3, 0.4) is 0 Å². The van der Waals surface area contributed by atoms with Crippen LogP contribution >= 0.6 is 0 Å². The summed E-state index contributed by atoms with van der Waals surface area (Å²) in [5, 5.41) is 5.85. The van der Waals surface area contributed by atoms with Crippen molar-refractivity contribution in [2.45, 2.75) is 31.2 Å². The van der Waals surface area contributed by atoms with Crippen LogP contribution in [0.5, 0.6) is 0 Å². The maximum Gasteiger partial charge on any atom is 0.251 e. The van der Waals surface area contributed by atoms with Crippen molar-refractivity contribution in [1.82, 2.24) is 20.2 Å². The summed E-state index contributed by atoms with van der Waals surface area (Å²) in [4.78, 5) is 27.0. The van der Waals surface area contributed by atoms with Gasteiger partial charge in [0, 0.05) is 42.5 Å². The van der Waals surface area contributed by atoms with Crippen molar-refractivity contribution in [3.05, 3.63) is 47.5 Å². The second-order valence-electron chi connectivity index (χ2n) is 7.30. The number of rotatable bonds is 7. The zero-order valence-electron chi connectivity index (χ0n) is 15.6. The van der Waals surface area contributed by atoms with Crippen LogP contribution in [0.1, 0.15) is 41.2 Å². The Bertz CT molecular complexity index is 885. The summed E-state index contributed by atoms with van der Waals surface area (Å²) in [6, 6.07) is 6.31. The van der Waals surface area contributed by atoms with Gasteiger partial charge in [-0.3, -0.25) is 14.7 Å².